The molecule has 2 aliphatic rings. The molecule has 1 aromatic heterocycles. The molecule has 6 heteroatoms. The Morgan fingerprint density at radius 2 is 2.26 bits per heavy atom. The van der Waals surface area contributed by atoms with Gasteiger partial charge < -0.3 is 10.1 Å². The minimum absolute atomic E-state index is 0.143. The lowest BCUT2D eigenvalue weighted by molar-refractivity contribution is -0.147. The molecule has 19 heavy (non-hydrogen) atoms. The van der Waals surface area contributed by atoms with E-state index in [1.165, 1.54) is 4.88 Å². The first kappa shape index (κ1) is 12.6. The van der Waals surface area contributed by atoms with Crippen molar-refractivity contribution in [3.63, 3.8) is 0 Å². The normalized spacial score (nSPS) is 24.1. The lowest BCUT2D eigenvalue weighted by atomic mass is 9.90. The summed E-state index contributed by atoms with van der Waals surface area (Å²) < 4.78 is 5.16. The maximum atomic E-state index is 12.2. The number of thiazole rings is 1. The number of aromatic nitrogens is 1. The van der Waals surface area contributed by atoms with Crippen molar-refractivity contribution in [2.24, 2.45) is 5.92 Å². The van der Waals surface area contributed by atoms with E-state index in [0.29, 0.717) is 5.13 Å². The topological polar surface area (TPSA) is 68.3 Å². The fraction of sp³-hybridized carbons (Fsp3) is 0.615. The predicted molar refractivity (Wildman–Crippen MR) is 71.0 cm³/mol. The summed E-state index contributed by atoms with van der Waals surface area (Å²) in [5, 5.41) is 3.47. The van der Waals surface area contributed by atoms with E-state index in [0.717, 1.165) is 25.0 Å². The average Bonchev–Trinajstić information content (AvgIpc) is 2.90. The first-order valence-corrected chi connectivity index (χ1v) is 7.28. The van der Waals surface area contributed by atoms with E-state index in [1.54, 1.807) is 25.2 Å². The van der Waals surface area contributed by atoms with E-state index in [9.17, 15) is 9.59 Å². The van der Waals surface area contributed by atoms with Gasteiger partial charge in [0.1, 0.15) is 5.60 Å². The Kier molecular flexibility index (Phi) is 2.85. The highest BCUT2D eigenvalue weighted by molar-refractivity contribution is 7.15. The Hall–Kier alpha value is -1.43. The highest BCUT2D eigenvalue weighted by Gasteiger charge is 2.46. The monoisotopic (exact) mass is 280 g/mol. The second-order valence-electron chi connectivity index (χ2n) is 5.57. The van der Waals surface area contributed by atoms with Crippen LogP contribution in [0.4, 0.5) is 5.13 Å². The van der Waals surface area contributed by atoms with Crippen molar-refractivity contribution in [3.8, 4) is 0 Å². The number of cyclic esters (lactones) is 1. The van der Waals surface area contributed by atoms with Gasteiger partial charge in [0.15, 0.2) is 5.13 Å². The van der Waals surface area contributed by atoms with Gasteiger partial charge in [-0.3, -0.25) is 9.59 Å². The molecule has 1 aliphatic heterocycles. The van der Waals surface area contributed by atoms with Gasteiger partial charge in [0.05, 0.1) is 18.0 Å². The number of amides is 1. The Labute approximate surface area is 115 Å². The molecule has 0 unspecified atom stereocenters. The molecule has 1 N–H and O–H groups in total. The molecule has 1 saturated heterocycles. The quantitative estimate of drug-likeness (QED) is 0.840. The number of fused-ring (bicyclic) bond motifs is 1. The summed E-state index contributed by atoms with van der Waals surface area (Å²) in [7, 11) is 0. The van der Waals surface area contributed by atoms with E-state index in [-0.39, 0.29) is 18.3 Å². The molecule has 0 bridgehead atoms. The van der Waals surface area contributed by atoms with Gasteiger partial charge in [-0.05, 0) is 33.1 Å². The average molecular weight is 280 g/mol. The van der Waals surface area contributed by atoms with Gasteiger partial charge >= 0.3 is 5.97 Å². The van der Waals surface area contributed by atoms with Crippen LogP contribution in [0, 0.1) is 5.92 Å². The molecule has 0 spiro atoms. The van der Waals surface area contributed by atoms with Crippen LogP contribution in [0.25, 0.3) is 0 Å². The lowest BCUT2D eigenvalue weighted by Crippen LogP contribution is -2.36. The van der Waals surface area contributed by atoms with Crippen molar-refractivity contribution in [2.75, 3.05) is 5.32 Å². The number of anilines is 1. The summed E-state index contributed by atoms with van der Waals surface area (Å²) in [5.74, 6) is -0.936. The number of carbonyl (C=O) groups is 2. The van der Waals surface area contributed by atoms with Crippen LogP contribution in [0.5, 0.6) is 0 Å². The van der Waals surface area contributed by atoms with Crippen LogP contribution in [0.2, 0.25) is 0 Å². The van der Waals surface area contributed by atoms with E-state index in [1.807, 2.05) is 0 Å². The number of hydrogen-bond acceptors (Lipinski definition) is 5. The molecule has 1 aliphatic carbocycles. The van der Waals surface area contributed by atoms with Crippen molar-refractivity contribution < 1.29 is 14.3 Å². The molecule has 2 heterocycles. The van der Waals surface area contributed by atoms with Gasteiger partial charge in [0.2, 0.25) is 5.91 Å². The molecule has 102 valence electrons. The molecule has 0 saturated carbocycles. The van der Waals surface area contributed by atoms with Crippen molar-refractivity contribution in [3.05, 3.63) is 10.6 Å². The number of ether oxygens (including phenoxy) is 1. The first-order chi connectivity index (χ1) is 8.95. The van der Waals surface area contributed by atoms with Gasteiger partial charge in [-0.2, -0.15) is 0 Å². The second-order valence-corrected chi connectivity index (χ2v) is 6.65. The summed E-state index contributed by atoms with van der Waals surface area (Å²) in [6, 6.07) is 0. The standard InChI is InChI=1S/C13H16N2O3S/c1-13(2)7(6-10(16)18-13)11(17)15-12-14-8-4-3-5-9(8)19-12/h7H,3-6H2,1-2H3,(H,14,15,17)/t7-/m1/s1. The molecule has 1 fully saturated rings. The van der Waals surface area contributed by atoms with Gasteiger partial charge in [-0.1, -0.05) is 0 Å². The number of hydrogen-bond donors (Lipinski definition) is 1. The smallest absolute Gasteiger partial charge is 0.307 e. The maximum absolute atomic E-state index is 12.2. The summed E-state index contributed by atoms with van der Waals surface area (Å²) in [4.78, 5) is 29.3. The Morgan fingerprint density at radius 1 is 1.47 bits per heavy atom. The number of esters is 1. The summed E-state index contributed by atoms with van der Waals surface area (Å²) in [6.45, 7) is 3.54. The number of rotatable bonds is 2. The molecule has 1 amide bonds. The third-order valence-electron chi connectivity index (χ3n) is 3.73. The highest BCUT2D eigenvalue weighted by atomic mass is 32.1. The Bertz CT molecular complexity index is 529. The molecular weight excluding hydrogens is 264 g/mol. The summed E-state index contributed by atoms with van der Waals surface area (Å²) in [6.07, 6.45) is 3.35. The molecule has 5 nitrogen and oxygen atoms in total. The molecule has 0 radical (unpaired) electrons. The summed E-state index contributed by atoms with van der Waals surface area (Å²) in [5.41, 5.74) is 0.375. The largest absolute Gasteiger partial charge is 0.459 e. The number of aryl methyl sites for hydroxylation is 2. The molecule has 0 aromatic carbocycles. The Morgan fingerprint density at radius 3 is 2.89 bits per heavy atom. The van der Waals surface area contributed by atoms with Crippen LogP contribution in [0.3, 0.4) is 0 Å². The van der Waals surface area contributed by atoms with Crippen LogP contribution < -0.4 is 5.32 Å². The minimum atomic E-state index is -0.735. The SMILES string of the molecule is CC1(C)OC(=O)C[C@@H]1C(=O)Nc1nc2c(s1)CCC2. The van der Waals surface area contributed by atoms with Crippen LogP contribution >= 0.6 is 11.3 Å². The van der Waals surface area contributed by atoms with E-state index in [4.69, 9.17) is 4.74 Å². The predicted octanol–water partition coefficient (Wildman–Crippen LogP) is 1.91. The van der Waals surface area contributed by atoms with E-state index in [2.05, 4.69) is 10.3 Å². The van der Waals surface area contributed by atoms with Gasteiger partial charge in [-0.25, -0.2) is 4.98 Å². The summed E-state index contributed by atoms with van der Waals surface area (Å²) >= 11 is 1.54. The molecular formula is C13H16N2O3S. The van der Waals surface area contributed by atoms with Crippen LogP contribution in [-0.4, -0.2) is 22.5 Å². The van der Waals surface area contributed by atoms with Gasteiger partial charge in [-0.15, -0.1) is 11.3 Å². The fourth-order valence-electron chi connectivity index (χ4n) is 2.66. The number of nitrogens with one attached hydrogen (secondary N) is 1. The van der Waals surface area contributed by atoms with Gasteiger partial charge in [0, 0.05) is 4.88 Å². The van der Waals surface area contributed by atoms with E-state index < -0.39 is 11.5 Å². The van der Waals surface area contributed by atoms with Crippen molar-refractivity contribution in [2.45, 2.75) is 45.1 Å². The van der Waals surface area contributed by atoms with Crippen molar-refractivity contribution in [1.29, 1.82) is 0 Å². The van der Waals surface area contributed by atoms with Crippen molar-refractivity contribution >= 4 is 28.3 Å². The fourth-order valence-corrected chi connectivity index (χ4v) is 3.72. The second kappa shape index (κ2) is 4.30. The van der Waals surface area contributed by atoms with Crippen LogP contribution in [-0.2, 0) is 27.2 Å². The zero-order valence-corrected chi connectivity index (χ0v) is 11.8. The zero-order valence-electron chi connectivity index (χ0n) is 11.0. The van der Waals surface area contributed by atoms with Crippen LogP contribution in [0.15, 0.2) is 0 Å². The third kappa shape index (κ3) is 2.25. The first-order valence-electron chi connectivity index (χ1n) is 6.47. The number of nitrogens with zero attached hydrogens (tertiary/aromatic N) is 1. The van der Waals surface area contributed by atoms with Crippen molar-refractivity contribution in [1.82, 2.24) is 4.98 Å². The minimum Gasteiger partial charge on any atom is -0.459 e. The third-order valence-corrected chi connectivity index (χ3v) is 4.80. The van der Waals surface area contributed by atoms with Gasteiger partial charge in [0.25, 0.3) is 0 Å². The Balaban J connectivity index is 1.72. The maximum Gasteiger partial charge on any atom is 0.307 e. The highest BCUT2D eigenvalue weighted by Crippen LogP contribution is 2.35. The van der Waals surface area contributed by atoms with Crippen LogP contribution in [0.1, 0.15) is 37.3 Å². The molecule has 1 atom stereocenters. The molecule has 3 rings (SSSR count). The molecule has 1 aromatic rings. The number of carbonyl (C=O) groups excluding carboxylic acids is 2. The van der Waals surface area contributed by atoms with E-state index >= 15 is 0 Å². The zero-order chi connectivity index (χ0) is 13.6. The lowest BCUT2D eigenvalue weighted by Gasteiger charge is -2.23.